The van der Waals surface area contributed by atoms with Crippen LogP contribution in [0.25, 0.3) is 0 Å². The molecule has 18 heavy (non-hydrogen) atoms. The molecule has 1 rings (SSSR count). The van der Waals surface area contributed by atoms with E-state index in [1.54, 1.807) is 0 Å². The number of carbonyl (C=O) groups is 1. The van der Waals surface area contributed by atoms with Gasteiger partial charge in [0.15, 0.2) is 0 Å². The molecule has 1 N–H and O–H groups in total. The molecule has 8 heteroatoms. The van der Waals surface area contributed by atoms with E-state index in [2.05, 4.69) is 4.72 Å². The van der Waals surface area contributed by atoms with E-state index in [9.17, 15) is 17.6 Å². The summed E-state index contributed by atoms with van der Waals surface area (Å²) in [5, 5.41) is 0. The van der Waals surface area contributed by atoms with Crippen molar-refractivity contribution < 1.29 is 17.6 Å². The van der Waals surface area contributed by atoms with E-state index >= 15 is 0 Å². The minimum atomic E-state index is -3.23. The van der Waals surface area contributed by atoms with Gasteiger partial charge in [0.1, 0.15) is 0 Å². The van der Waals surface area contributed by atoms with Gasteiger partial charge in [0.25, 0.3) is 11.5 Å². The number of piperidine rings is 1. The van der Waals surface area contributed by atoms with Crippen LogP contribution in [0.15, 0.2) is 0 Å². The zero-order valence-electron chi connectivity index (χ0n) is 10.2. The number of halogens is 2. The molecule has 0 aromatic carbocycles. The number of hydrogen-bond donors (Lipinski definition) is 1. The summed E-state index contributed by atoms with van der Waals surface area (Å²) in [6.07, 6.45) is 4.08. The van der Waals surface area contributed by atoms with Gasteiger partial charge < -0.3 is 4.90 Å². The van der Waals surface area contributed by atoms with Gasteiger partial charge in [-0.3, -0.25) is 4.79 Å². The highest BCUT2D eigenvalue weighted by atomic mass is 35.5. The number of nitrogens with one attached hydrogen (secondary N) is 1. The molecule has 0 aliphatic carbocycles. The smallest absolute Gasteiger partial charge is 0.272 e. The third kappa shape index (κ3) is 5.07. The summed E-state index contributed by atoms with van der Waals surface area (Å²) in [6, 6.07) is -0.141. The van der Waals surface area contributed by atoms with E-state index in [4.69, 9.17) is 11.6 Å². The predicted molar refractivity (Wildman–Crippen MR) is 67.6 cm³/mol. The summed E-state index contributed by atoms with van der Waals surface area (Å²) >= 11 is 5.16. The average molecular weight is 301 g/mol. The lowest BCUT2D eigenvalue weighted by molar-refractivity contribution is -0.137. The lowest BCUT2D eigenvalue weighted by atomic mass is 9.99. The van der Waals surface area contributed by atoms with Crippen molar-refractivity contribution in [3.05, 3.63) is 0 Å². The van der Waals surface area contributed by atoms with E-state index in [0.717, 1.165) is 25.5 Å². The molecule has 0 radical (unpaired) electrons. The fourth-order valence-electron chi connectivity index (χ4n) is 2.13. The maximum Gasteiger partial charge on any atom is 0.272 e. The number of alkyl halides is 2. The summed E-state index contributed by atoms with van der Waals surface area (Å²) in [4.78, 5) is 13.0. The van der Waals surface area contributed by atoms with Crippen LogP contribution in [-0.2, 0) is 14.8 Å². The van der Waals surface area contributed by atoms with Gasteiger partial charge in [0, 0.05) is 19.1 Å². The Kier molecular flexibility index (Phi) is 5.81. The Hall–Kier alpha value is -0.400. The normalized spacial score (nSPS) is 22.8. The first-order valence-corrected chi connectivity index (χ1v) is 8.17. The Labute approximate surface area is 112 Å². The molecule has 2 atom stereocenters. The molecular formula is C10H18ClFN2O3S. The van der Waals surface area contributed by atoms with E-state index in [-0.39, 0.29) is 12.6 Å². The molecule has 2 unspecified atom stereocenters. The zero-order chi connectivity index (χ0) is 13.8. The number of likely N-dealkylation sites (tertiary alicyclic amines) is 1. The highest BCUT2D eigenvalue weighted by molar-refractivity contribution is 7.88. The van der Waals surface area contributed by atoms with Crippen LogP contribution in [0.1, 0.15) is 25.7 Å². The molecule has 1 aliphatic heterocycles. The summed E-state index contributed by atoms with van der Waals surface area (Å²) < 4.78 is 37.0. The van der Waals surface area contributed by atoms with E-state index in [1.807, 2.05) is 0 Å². The molecule has 1 amide bonds. The first-order valence-electron chi connectivity index (χ1n) is 5.84. The topological polar surface area (TPSA) is 66.5 Å². The number of sulfonamides is 1. The Bertz CT molecular complexity index is 389. The third-order valence-electron chi connectivity index (χ3n) is 2.94. The summed E-state index contributed by atoms with van der Waals surface area (Å²) in [5.74, 6) is -0.722. The fourth-order valence-corrected chi connectivity index (χ4v) is 2.74. The van der Waals surface area contributed by atoms with Crippen LogP contribution in [0.3, 0.4) is 0 Å². The molecule has 0 saturated carbocycles. The second-order valence-electron chi connectivity index (χ2n) is 4.44. The molecule has 0 aromatic heterocycles. The molecule has 5 nitrogen and oxygen atoms in total. The van der Waals surface area contributed by atoms with Crippen LogP contribution >= 0.6 is 11.6 Å². The van der Waals surface area contributed by atoms with E-state index in [1.165, 1.54) is 4.90 Å². The molecule has 1 heterocycles. The van der Waals surface area contributed by atoms with E-state index < -0.39 is 21.6 Å². The van der Waals surface area contributed by atoms with Gasteiger partial charge in [-0.2, -0.15) is 0 Å². The van der Waals surface area contributed by atoms with Crippen LogP contribution in [0, 0.1) is 0 Å². The summed E-state index contributed by atoms with van der Waals surface area (Å²) in [6.45, 7) is 0.724. The second-order valence-corrected chi connectivity index (χ2v) is 6.65. The molecule has 0 bridgehead atoms. The first-order chi connectivity index (χ1) is 8.31. The van der Waals surface area contributed by atoms with Gasteiger partial charge in [-0.1, -0.05) is 11.6 Å². The molecule has 0 aromatic rings. The monoisotopic (exact) mass is 300 g/mol. The molecule has 106 valence electrons. The van der Waals surface area contributed by atoms with Crippen LogP contribution < -0.4 is 4.72 Å². The van der Waals surface area contributed by atoms with Gasteiger partial charge in [0.05, 0.1) is 6.26 Å². The Morgan fingerprint density at radius 1 is 1.56 bits per heavy atom. The number of rotatable bonds is 5. The Morgan fingerprint density at radius 2 is 2.22 bits per heavy atom. The molecular weight excluding hydrogens is 283 g/mol. The van der Waals surface area contributed by atoms with Crippen molar-refractivity contribution in [1.29, 1.82) is 0 Å². The Morgan fingerprint density at radius 3 is 2.78 bits per heavy atom. The average Bonchev–Trinajstić information content (AvgIpc) is 2.27. The minimum absolute atomic E-state index is 0.141. The van der Waals surface area contributed by atoms with Crippen molar-refractivity contribution in [2.24, 2.45) is 0 Å². The minimum Gasteiger partial charge on any atom is -0.336 e. The summed E-state index contributed by atoms with van der Waals surface area (Å²) in [7, 11) is -3.23. The first kappa shape index (κ1) is 15.7. The Balaban J connectivity index is 2.52. The number of amides is 1. The van der Waals surface area contributed by atoms with Gasteiger partial charge in [-0.15, -0.1) is 0 Å². The molecule has 1 fully saturated rings. The largest absolute Gasteiger partial charge is 0.336 e. The third-order valence-corrected chi connectivity index (χ3v) is 3.85. The second kappa shape index (κ2) is 6.68. The van der Waals surface area contributed by atoms with Gasteiger partial charge in [-0.05, 0) is 25.7 Å². The number of hydrogen-bond acceptors (Lipinski definition) is 3. The fraction of sp³-hybridized carbons (Fsp3) is 0.900. The maximum atomic E-state index is 12.8. The van der Waals surface area contributed by atoms with Crippen molar-refractivity contribution in [2.45, 2.75) is 37.4 Å². The van der Waals surface area contributed by atoms with Crippen molar-refractivity contribution in [2.75, 3.05) is 19.3 Å². The van der Waals surface area contributed by atoms with Crippen molar-refractivity contribution in [3.8, 4) is 0 Å². The zero-order valence-corrected chi connectivity index (χ0v) is 11.8. The summed E-state index contributed by atoms with van der Waals surface area (Å²) in [5.41, 5.74) is -2.02. The SMILES string of the molecule is CS(=O)(=O)NCCC1CCCCN1C(=O)C(F)Cl. The molecule has 0 spiro atoms. The van der Waals surface area contributed by atoms with Gasteiger partial charge >= 0.3 is 0 Å². The quantitative estimate of drug-likeness (QED) is 0.765. The van der Waals surface area contributed by atoms with Crippen LogP contribution in [0.5, 0.6) is 0 Å². The van der Waals surface area contributed by atoms with Gasteiger partial charge in [-0.25, -0.2) is 17.5 Å². The molecule has 1 aliphatic rings. The van der Waals surface area contributed by atoms with Crippen molar-refractivity contribution in [3.63, 3.8) is 0 Å². The maximum absolute atomic E-state index is 12.8. The standard InChI is InChI=1S/C10H18ClFN2O3S/c1-18(16,17)13-6-5-8-4-2-3-7-14(8)10(15)9(11)12/h8-9,13H,2-7H2,1H3. The molecule has 1 saturated heterocycles. The van der Waals surface area contributed by atoms with Crippen LogP contribution in [-0.4, -0.2) is 50.2 Å². The number of nitrogens with zero attached hydrogens (tertiary/aromatic N) is 1. The van der Waals surface area contributed by atoms with E-state index in [0.29, 0.717) is 13.0 Å². The lowest BCUT2D eigenvalue weighted by Crippen LogP contribution is -2.47. The van der Waals surface area contributed by atoms with Crippen molar-refractivity contribution in [1.82, 2.24) is 9.62 Å². The highest BCUT2D eigenvalue weighted by Gasteiger charge is 2.30. The lowest BCUT2D eigenvalue weighted by Gasteiger charge is -2.35. The van der Waals surface area contributed by atoms with Crippen LogP contribution in [0.2, 0.25) is 0 Å². The predicted octanol–water partition coefficient (Wildman–Crippen LogP) is 0.841. The van der Waals surface area contributed by atoms with Crippen molar-refractivity contribution >= 4 is 27.5 Å². The van der Waals surface area contributed by atoms with Gasteiger partial charge in [0.2, 0.25) is 10.0 Å². The van der Waals surface area contributed by atoms with Crippen LogP contribution in [0.4, 0.5) is 4.39 Å². The highest BCUT2D eigenvalue weighted by Crippen LogP contribution is 2.21. The number of carbonyl (C=O) groups excluding carboxylic acids is 1.